The zero-order valence-electron chi connectivity index (χ0n) is 15.8. The predicted molar refractivity (Wildman–Crippen MR) is 119 cm³/mol. The van der Waals surface area contributed by atoms with E-state index in [1.807, 2.05) is 49.4 Å². The summed E-state index contributed by atoms with van der Waals surface area (Å²) in [5.41, 5.74) is 1.43. The first-order valence-corrected chi connectivity index (χ1v) is 10.6. The maximum atomic E-state index is 13.5. The molecule has 0 aliphatic carbocycles. The Morgan fingerprint density at radius 3 is 2.75 bits per heavy atom. The molecule has 6 nitrogen and oxygen atoms in total. The van der Waals surface area contributed by atoms with Crippen molar-refractivity contribution in [3.63, 3.8) is 0 Å². The second kappa shape index (κ2) is 8.59. The summed E-state index contributed by atoms with van der Waals surface area (Å²) in [4.78, 5) is 20.8. The maximum absolute atomic E-state index is 13.5. The first-order valence-electron chi connectivity index (χ1n) is 9.54. The van der Waals surface area contributed by atoms with E-state index in [-0.39, 0.29) is 5.56 Å². The number of hydrogen-bond donors (Lipinski definition) is 1. The van der Waals surface area contributed by atoms with E-state index in [2.05, 4.69) is 32.8 Å². The van der Waals surface area contributed by atoms with Crippen LogP contribution in [-0.4, -0.2) is 47.2 Å². The van der Waals surface area contributed by atoms with Crippen molar-refractivity contribution in [2.45, 2.75) is 13.5 Å². The van der Waals surface area contributed by atoms with Crippen LogP contribution in [0.25, 0.3) is 16.6 Å². The van der Waals surface area contributed by atoms with Crippen molar-refractivity contribution in [3.8, 4) is 11.4 Å². The van der Waals surface area contributed by atoms with Gasteiger partial charge in [-0.15, -0.1) is 0 Å². The monoisotopic (exact) mass is 490 g/mol. The molecular formula is C21H23IN4O2. The molecule has 7 heteroatoms. The summed E-state index contributed by atoms with van der Waals surface area (Å²) in [6, 6.07) is 13.5. The molecule has 1 fully saturated rings. The first kappa shape index (κ1) is 19.4. The highest BCUT2D eigenvalue weighted by Crippen LogP contribution is 2.24. The highest BCUT2D eigenvalue weighted by atomic mass is 127. The first-order chi connectivity index (χ1) is 13.7. The highest BCUT2D eigenvalue weighted by Gasteiger charge is 2.19. The second-order valence-electron chi connectivity index (χ2n) is 6.76. The van der Waals surface area contributed by atoms with Gasteiger partial charge in [0, 0.05) is 29.7 Å². The normalized spacial score (nSPS) is 15.1. The predicted octanol–water partition coefficient (Wildman–Crippen LogP) is 2.79. The fourth-order valence-electron chi connectivity index (χ4n) is 3.55. The van der Waals surface area contributed by atoms with Gasteiger partial charge in [0.05, 0.1) is 29.7 Å². The number of fused-ring (bicyclic) bond motifs is 1. The van der Waals surface area contributed by atoms with Gasteiger partial charge in [0.25, 0.3) is 5.56 Å². The van der Waals surface area contributed by atoms with Gasteiger partial charge in [-0.2, -0.15) is 0 Å². The lowest BCUT2D eigenvalue weighted by molar-refractivity contribution is 0.226. The standard InChI is InChI=1S/C21H23IN4O2/c1-2-28-19-6-4-3-5-18(19)26-20(14-25-11-9-23-10-12-25)24-17-8-7-15(22)13-16(17)21(26)27/h3-8,13,23H,2,9-12,14H2,1H3. The lowest BCUT2D eigenvalue weighted by Gasteiger charge is -2.28. The Morgan fingerprint density at radius 1 is 1.18 bits per heavy atom. The molecular weight excluding hydrogens is 467 g/mol. The lowest BCUT2D eigenvalue weighted by atomic mass is 10.2. The van der Waals surface area contributed by atoms with Crippen molar-refractivity contribution in [1.82, 2.24) is 19.8 Å². The lowest BCUT2D eigenvalue weighted by Crippen LogP contribution is -2.44. The van der Waals surface area contributed by atoms with E-state index in [0.717, 1.165) is 46.8 Å². The van der Waals surface area contributed by atoms with Gasteiger partial charge in [-0.05, 0) is 59.8 Å². The van der Waals surface area contributed by atoms with Crippen LogP contribution in [0.15, 0.2) is 47.3 Å². The Bertz CT molecular complexity index is 1040. The van der Waals surface area contributed by atoms with Crippen LogP contribution in [0.1, 0.15) is 12.7 Å². The maximum Gasteiger partial charge on any atom is 0.266 e. The third-order valence-corrected chi connectivity index (χ3v) is 5.55. The minimum Gasteiger partial charge on any atom is -0.492 e. The highest BCUT2D eigenvalue weighted by molar-refractivity contribution is 14.1. The molecule has 3 aromatic rings. The number of rotatable bonds is 5. The quantitative estimate of drug-likeness (QED) is 0.558. The molecule has 146 valence electrons. The van der Waals surface area contributed by atoms with Crippen molar-refractivity contribution in [2.24, 2.45) is 0 Å². The summed E-state index contributed by atoms with van der Waals surface area (Å²) >= 11 is 2.23. The van der Waals surface area contributed by atoms with Crippen LogP contribution in [0.2, 0.25) is 0 Å². The molecule has 0 amide bonds. The summed E-state index contributed by atoms with van der Waals surface area (Å²) < 4.78 is 8.56. The Hall–Kier alpha value is -1.97. The van der Waals surface area contributed by atoms with Crippen LogP contribution >= 0.6 is 22.6 Å². The van der Waals surface area contributed by atoms with Gasteiger partial charge in [-0.1, -0.05) is 12.1 Å². The zero-order valence-corrected chi connectivity index (χ0v) is 18.0. The molecule has 4 rings (SSSR count). The summed E-state index contributed by atoms with van der Waals surface area (Å²) in [6.45, 7) is 6.89. The van der Waals surface area contributed by atoms with Crippen LogP contribution in [0.5, 0.6) is 5.75 Å². The molecule has 1 aromatic heterocycles. The van der Waals surface area contributed by atoms with Gasteiger partial charge >= 0.3 is 0 Å². The topological polar surface area (TPSA) is 59.4 Å². The number of benzene rings is 2. The number of aromatic nitrogens is 2. The molecule has 0 saturated carbocycles. The molecule has 0 bridgehead atoms. The van der Waals surface area contributed by atoms with Crippen LogP contribution in [0.4, 0.5) is 0 Å². The average molecular weight is 490 g/mol. The molecule has 28 heavy (non-hydrogen) atoms. The van der Waals surface area contributed by atoms with E-state index < -0.39 is 0 Å². The molecule has 0 radical (unpaired) electrons. The molecule has 2 aromatic carbocycles. The Labute approximate surface area is 177 Å². The number of piperazine rings is 1. The van der Waals surface area contributed by atoms with Gasteiger partial charge < -0.3 is 10.1 Å². The third-order valence-electron chi connectivity index (χ3n) is 4.88. The summed E-state index contributed by atoms with van der Waals surface area (Å²) in [5, 5.41) is 4.00. The number of ether oxygens (including phenoxy) is 1. The van der Waals surface area contributed by atoms with Crippen molar-refractivity contribution in [1.29, 1.82) is 0 Å². The molecule has 2 heterocycles. The van der Waals surface area contributed by atoms with Crippen LogP contribution < -0.4 is 15.6 Å². The number of halogens is 1. The Balaban J connectivity index is 1.92. The molecule has 1 aliphatic rings. The number of nitrogens with one attached hydrogen (secondary N) is 1. The van der Waals surface area contributed by atoms with E-state index in [4.69, 9.17) is 9.72 Å². The largest absolute Gasteiger partial charge is 0.492 e. The van der Waals surface area contributed by atoms with E-state index in [9.17, 15) is 4.79 Å². The van der Waals surface area contributed by atoms with Crippen LogP contribution in [0, 0.1) is 3.57 Å². The van der Waals surface area contributed by atoms with Crippen LogP contribution in [-0.2, 0) is 6.54 Å². The number of nitrogens with zero attached hydrogens (tertiary/aromatic N) is 3. The van der Waals surface area contributed by atoms with E-state index in [1.165, 1.54) is 0 Å². The smallest absolute Gasteiger partial charge is 0.266 e. The fourth-order valence-corrected chi connectivity index (χ4v) is 4.04. The van der Waals surface area contributed by atoms with Crippen molar-refractivity contribution in [3.05, 3.63) is 62.2 Å². The van der Waals surface area contributed by atoms with Crippen LogP contribution in [0.3, 0.4) is 0 Å². The molecule has 1 saturated heterocycles. The Kier molecular flexibility index (Phi) is 5.93. The minimum absolute atomic E-state index is 0.0548. The SMILES string of the molecule is CCOc1ccccc1-n1c(CN2CCNCC2)nc2ccc(I)cc2c1=O. The van der Waals surface area contributed by atoms with Crippen molar-refractivity contribution in [2.75, 3.05) is 32.8 Å². The molecule has 1 N–H and O–H groups in total. The summed E-state index contributed by atoms with van der Waals surface area (Å²) in [6.07, 6.45) is 0. The van der Waals surface area contributed by atoms with Gasteiger partial charge in [0.1, 0.15) is 11.6 Å². The van der Waals surface area contributed by atoms with E-state index in [1.54, 1.807) is 4.57 Å². The second-order valence-corrected chi connectivity index (χ2v) is 8.00. The molecule has 0 atom stereocenters. The molecule has 0 unspecified atom stereocenters. The zero-order chi connectivity index (χ0) is 19.5. The van der Waals surface area contributed by atoms with E-state index in [0.29, 0.717) is 24.3 Å². The minimum atomic E-state index is -0.0548. The van der Waals surface area contributed by atoms with Gasteiger partial charge in [0.15, 0.2) is 0 Å². The number of para-hydroxylation sites is 2. The number of hydrogen-bond acceptors (Lipinski definition) is 5. The van der Waals surface area contributed by atoms with Crippen molar-refractivity contribution < 1.29 is 4.74 Å². The fraction of sp³-hybridized carbons (Fsp3) is 0.333. The Morgan fingerprint density at radius 2 is 1.96 bits per heavy atom. The summed E-state index contributed by atoms with van der Waals surface area (Å²) in [5.74, 6) is 1.44. The third kappa shape index (κ3) is 3.92. The average Bonchev–Trinajstić information content (AvgIpc) is 2.71. The molecule has 1 aliphatic heterocycles. The molecule has 0 spiro atoms. The van der Waals surface area contributed by atoms with Gasteiger partial charge in [0.2, 0.25) is 0 Å². The van der Waals surface area contributed by atoms with Crippen molar-refractivity contribution >= 4 is 33.5 Å². The van der Waals surface area contributed by atoms with Gasteiger partial charge in [-0.3, -0.25) is 14.3 Å². The van der Waals surface area contributed by atoms with E-state index >= 15 is 0 Å². The summed E-state index contributed by atoms with van der Waals surface area (Å²) in [7, 11) is 0. The van der Waals surface area contributed by atoms with Gasteiger partial charge in [-0.25, -0.2) is 4.98 Å².